The molecule has 3 rings (SSSR count). The number of carbonyl (C=O) groups excluding carboxylic acids is 3. The number of fused-ring (bicyclic) bond motifs is 1. The maximum Gasteiger partial charge on any atom is 0.345 e. The number of ether oxygens (including phenoxy) is 3. The van der Waals surface area contributed by atoms with E-state index in [9.17, 15) is 24.5 Å². The number of nitro benzene ring substituents is 1. The van der Waals surface area contributed by atoms with Crippen molar-refractivity contribution in [1.82, 2.24) is 4.90 Å². The SMILES string of the molecule is COc1cc([N+](=O)[O-])c(C(=O)OCC[Si](C)(C)C)cc1OCCCN1C(=O)c2ccccc2C1=O. The maximum atomic E-state index is 12.6. The first-order valence-electron chi connectivity index (χ1n) is 11.1. The van der Waals surface area contributed by atoms with Crippen LogP contribution in [0, 0.1) is 10.1 Å². The average Bonchev–Trinajstić information content (AvgIpc) is 3.05. The molecule has 10 nitrogen and oxygen atoms in total. The lowest BCUT2D eigenvalue weighted by Gasteiger charge is -2.16. The van der Waals surface area contributed by atoms with E-state index in [-0.39, 0.29) is 48.6 Å². The Bertz CT molecular complexity index is 1120. The smallest absolute Gasteiger partial charge is 0.345 e. The van der Waals surface area contributed by atoms with Crippen LogP contribution in [0.25, 0.3) is 0 Å². The number of hydrogen-bond donors (Lipinski definition) is 0. The number of rotatable bonds is 11. The molecule has 2 aromatic rings. The van der Waals surface area contributed by atoms with Crippen LogP contribution >= 0.6 is 0 Å². The Balaban J connectivity index is 1.68. The molecule has 186 valence electrons. The van der Waals surface area contributed by atoms with Gasteiger partial charge in [-0.25, -0.2) is 4.79 Å². The van der Waals surface area contributed by atoms with Crippen LogP contribution in [0.1, 0.15) is 37.5 Å². The van der Waals surface area contributed by atoms with Gasteiger partial charge in [0, 0.05) is 20.7 Å². The normalized spacial score (nSPS) is 13.0. The van der Waals surface area contributed by atoms with Crippen molar-refractivity contribution in [2.45, 2.75) is 32.1 Å². The Hall–Kier alpha value is -3.73. The Morgan fingerprint density at radius 2 is 1.66 bits per heavy atom. The van der Waals surface area contributed by atoms with Gasteiger partial charge >= 0.3 is 5.97 Å². The van der Waals surface area contributed by atoms with Crippen molar-refractivity contribution in [3.63, 3.8) is 0 Å². The lowest BCUT2D eigenvalue weighted by atomic mass is 10.1. The minimum absolute atomic E-state index is 0.0751. The van der Waals surface area contributed by atoms with E-state index < -0.39 is 24.7 Å². The van der Waals surface area contributed by atoms with Crippen LogP contribution in [-0.4, -0.2) is 62.5 Å². The van der Waals surface area contributed by atoms with Crippen molar-refractivity contribution in [3.8, 4) is 11.5 Å². The monoisotopic (exact) mass is 500 g/mol. The number of methoxy groups -OCH3 is 1. The first-order valence-corrected chi connectivity index (χ1v) is 14.9. The second kappa shape index (κ2) is 10.7. The van der Waals surface area contributed by atoms with E-state index in [1.165, 1.54) is 13.2 Å². The van der Waals surface area contributed by atoms with Gasteiger partial charge in [-0.2, -0.15) is 0 Å². The fourth-order valence-electron chi connectivity index (χ4n) is 3.51. The number of carbonyl (C=O) groups is 3. The van der Waals surface area contributed by atoms with Gasteiger partial charge in [-0.15, -0.1) is 0 Å². The number of hydrogen-bond acceptors (Lipinski definition) is 8. The van der Waals surface area contributed by atoms with Gasteiger partial charge in [-0.05, 0) is 24.6 Å². The van der Waals surface area contributed by atoms with E-state index in [1.54, 1.807) is 24.3 Å². The zero-order valence-electron chi connectivity index (χ0n) is 20.2. The third kappa shape index (κ3) is 6.04. The van der Waals surface area contributed by atoms with Crippen molar-refractivity contribution in [3.05, 3.63) is 63.2 Å². The van der Waals surface area contributed by atoms with Gasteiger partial charge in [0.05, 0.1) is 42.4 Å². The summed E-state index contributed by atoms with van der Waals surface area (Å²) in [6.07, 6.45) is 0.307. The summed E-state index contributed by atoms with van der Waals surface area (Å²) >= 11 is 0. The van der Waals surface area contributed by atoms with Crippen molar-refractivity contribution in [2.75, 3.05) is 26.9 Å². The molecule has 0 fully saturated rings. The molecule has 0 spiro atoms. The molecule has 0 aromatic heterocycles. The summed E-state index contributed by atoms with van der Waals surface area (Å²) in [7, 11) is -0.128. The highest BCUT2D eigenvalue weighted by molar-refractivity contribution is 6.76. The quantitative estimate of drug-likeness (QED) is 0.112. The van der Waals surface area contributed by atoms with E-state index in [4.69, 9.17) is 14.2 Å². The van der Waals surface area contributed by atoms with Crippen LogP contribution in [0.15, 0.2) is 36.4 Å². The molecule has 1 aliphatic rings. The molecule has 0 saturated heterocycles. The molecule has 1 aliphatic heterocycles. The minimum Gasteiger partial charge on any atom is -0.493 e. The van der Waals surface area contributed by atoms with Gasteiger partial charge in [0.25, 0.3) is 17.5 Å². The highest BCUT2D eigenvalue weighted by atomic mass is 28.3. The molecule has 2 amide bonds. The fourth-order valence-corrected chi connectivity index (χ4v) is 4.23. The molecule has 11 heteroatoms. The Morgan fingerprint density at radius 3 is 2.20 bits per heavy atom. The number of esters is 1. The summed E-state index contributed by atoms with van der Waals surface area (Å²) in [4.78, 5) is 49.6. The Kier molecular flexibility index (Phi) is 7.90. The first kappa shape index (κ1) is 25.9. The fraction of sp³-hybridized carbons (Fsp3) is 0.375. The summed E-state index contributed by atoms with van der Waals surface area (Å²) in [6.45, 7) is 6.77. The van der Waals surface area contributed by atoms with Crippen LogP contribution in [-0.2, 0) is 4.74 Å². The van der Waals surface area contributed by atoms with Crippen LogP contribution in [0.5, 0.6) is 11.5 Å². The van der Waals surface area contributed by atoms with Crippen LogP contribution in [0.2, 0.25) is 25.7 Å². The van der Waals surface area contributed by atoms with Crippen LogP contribution in [0.3, 0.4) is 0 Å². The predicted octanol–water partition coefficient (Wildman–Crippen LogP) is 4.16. The highest BCUT2D eigenvalue weighted by Crippen LogP contribution is 2.35. The topological polar surface area (TPSA) is 125 Å². The molecule has 0 aliphatic carbocycles. The highest BCUT2D eigenvalue weighted by Gasteiger charge is 2.34. The van der Waals surface area contributed by atoms with E-state index in [0.29, 0.717) is 17.5 Å². The molecular formula is C24H28N2O8Si. The van der Waals surface area contributed by atoms with E-state index in [1.807, 2.05) is 0 Å². The zero-order chi connectivity index (χ0) is 25.8. The van der Waals surface area contributed by atoms with Gasteiger partial charge in [-0.3, -0.25) is 24.6 Å². The molecule has 0 atom stereocenters. The Labute approximate surface area is 203 Å². The van der Waals surface area contributed by atoms with Crippen LogP contribution in [0.4, 0.5) is 5.69 Å². The maximum absolute atomic E-state index is 12.6. The number of amides is 2. The van der Waals surface area contributed by atoms with Crippen molar-refractivity contribution in [2.24, 2.45) is 0 Å². The minimum atomic E-state index is -1.46. The molecule has 35 heavy (non-hydrogen) atoms. The lowest BCUT2D eigenvalue weighted by Crippen LogP contribution is -2.31. The van der Waals surface area contributed by atoms with Gasteiger partial charge in [0.1, 0.15) is 5.56 Å². The summed E-state index contributed by atoms with van der Waals surface area (Å²) in [6, 6.07) is 9.70. The van der Waals surface area contributed by atoms with E-state index >= 15 is 0 Å². The van der Waals surface area contributed by atoms with E-state index in [0.717, 1.165) is 17.0 Å². The van der Waals surface area contributed by atoms with E-state index in [2.05, 4.69) is 19.6 Å². The standard InChI is InChI=1S/C24H28N2O8Si/c1-32-20-15-19(26(30)31)18(24(29)34-12-13-35(2,3)4)14-21(20)33-11-7-10-25-22(27)16-8-5-6-9-17(16)23(25)28/h5-6,8-9,14-15H,7,10-13H2,1-4H3. The van der Waals surface area contributed by atoms with Gasteiger partial charge < -0.3 is 14.2 Å². The third-order valence-corrected chi connectivity index (χ3v) is 7.15. The molecule has 1 heterocycles. The molecule has 2 aromatic carbocycles. The molecule has 0 N–H and O–H groups in total. The van der Waals surface area contributed by atoms with Crippen molar-refractivity contribution >= 4 is 31.5 Å². The summed E-state index contributed by atoms with van der Waals surface area (Å²) in [5.74, 6) is -1.33. The molecule has 0 saturated carbocycles. The number of benzene rings is 2. The molecule has 0 radical (unpaired) electrons. The predicted molar refractivity (Wildman–Crippen MR) is 130 cm³/mol. The lowest BCUT2D eigenvalue weighted by molar-refractivity contribution is -0.385. The second-order valence-corrected chi connectivity index (χ2v) is 14.9. The summed E-state index contributed by atoms with van der Waals surface area (Å²) in [5, 5.41) is 11.5. The number of nitro groups is 1. The number of nitrogens with zero attached hydrogens (tertiary/aromatic N) is 2. The van der Waals surface area contributed by atoms with Gasteiger partial charge in [-0.1, -0.05) is 31.8 Å². The second-order valence-electron chi connectivity index (χ2n) is 9.23. The Morgan fingerprint density at radius 1 is 1.03 bits per heavy atom. The van der Waals surface area contributed by atoms with Gasteiger partial charge in [0.2, 0.25) is 0 Å². The largest absolute Gasteiger partial charge is 0.493 e. The first-order chi connectivity index (χ1) is 16.5. The zero-order valence-corrected chi connectivity index (χ0v) is 21.2. The van der Waals surface area contributed by atoms with Gasteiger partial charge in [0.15, 0.2) is 11.5 Å². The van der Waals surface area contributed by atoms with Crippen molar-refractivity contribution < 1.29 is 33.5 Å². The summed E-state index contributed by atoms with van der Waals surface area (Å²) in [5.41, 5.74) is 0.0560. The third-order valence-electron chi connectivity index (χ3n) is 5.45. The molecular weight excluding hydrogens is 472 g/mol. The van der Waals surface area contributed by atoms with Crippen LogP contribution < -0.4 is 9.47 Å². The summed E-state index contributed by atoms with van der Waals surface area (Å²) < 4.78 is 16.2. The molecule has 0 bridgehead atoms. The van der Waals surface area contributed by atoms with Crippen molar-refractivity contribution in [1.29, 1.82) is 0 Å². The molecule has 0 unspecified atom stereocenters. The average molecular weight is 501 g/mol. The number of imide groups is 1.